The highest BCUT2D eigenvalue weighted by Crippen LogP contribution is 2.25. The smallest absolute Gasteiger partial charge is 0.314 e. The van der Waals surface area contributed by atoms with Gasteiger partial charge in [-0.15, -0.1) is 0 Å². The van der Waals surface area contributed by atoms with Crippen LogP contribution in [0.2, 0.25) is 51.9 Å². The second-order valence-electron chi connectivity index (χ2n) is 8.71. The van der Waals surface area contributed by atoms with Gasteiger partial charge in [-0.25, -0.2) is 0 Å². The molecule has 3 nitrogen and oxygen atoms in total. The Morgan fingerprint density at radius 3 is 1.45 bits per heavy atom. The quantitative estimate of drug-likeness (QED) is 0.638. The lowest BCUT2D eigenvalue weighted by atomic mass is 9.97. The molecule has 22 heavy (non-hydrogen) atoms. The van der Waals surface area contributed by atoms with E-state index in [1.165, 1.54) is 32.1 Å². The zero-order valence-electron chi connectivity index (χ0n) is 16.4. The van der Waals surface area contributed by atoms with Gasteiger partial charge in [0.05, 0.1) is 0 Å². The van der Waals surface area contributed by atoms with Gasteiger partial charge >= 0.3 is 8.56 Å². The minimum absolute atomic E-state index is 0.536. The molecule has 134 valence electrons. The van der Waals surface area contributed by atoms with Crippen molar-refractivity contribution in [1.29, 1.82) is 0 Å². The van der Waals surface area contributed by atoms with Crippen molar-refractivity contribution in [1.82, 2.24) is 0 Å². The van der Waals surface area contributed by atoms with E-state index in [1.807, 2.05) is 0 Å². The van der Waals surface area contributed by atoms with Crippen LogP contribution >= 0.6 is 0 Å². The molecule has 0 bridgehead atoms. The Kier molecular flexibility index (Phi) is 9.97. The Bertz CT molecular complexity index is 279. The van der Waals surface area contributed by atoms with E-state index in [1.54, 1.807) is 0 Å². The third kappa shape index (κ3) is 13.0. The maximum Gasteiger partial charge on any atom is 0.314 e. The predicted molar refractivity (Wildman–Crippen MR) is 107 cm³/mol. The molecule has 0 aromatic rings. The molecule has 1 aliphatic rings. The molecule has 0 amide bonds. The highest BCUT2D eigenvalue weighted by Gasteiger charge is 2.39. The van der Waals surface area contributed by atoms with Crippen molar-refractivity contribution in [3.8, 4) is 0 Å². The molecule has 2 N–H and O–H groups in total. The largest absolute Gasteiger partial charge is 0.437 e. The van der Waals surface area contributed by atoms with E-state index in [-0.39, 0.29) is 0 Å². The second-order valence-corrected chi connectivity index (χ2v) is 21.6. The fourth-order valence-corrected chi connectivity index (χ4v) is 15.6. The van der Waals surface area contributed by atoms with Crippen molar-refractivity contribution in [3.05, 3.63) is 0 Å². The molecule has 0 aromatic heterocycles. The summed E-state index contributed by atoms with van der Waals surface area (Å²) in [5.74, 6) is 0. The summed E-state index contributed by atoms with van der Waals surface area (Å²) in [6.07, 6.45) is 7.83. The van der Waals surface area contributed by atoms with E-state index in [4.69, 9.17) is 14.0 Å². The van der Waals surface area contributed by atoms with E-state index in [2.05, 4.69) is 52.8 Å². The van der Waals surface area contributed by atoms with Crippen molar-refractivity contribution in [3.63, 3.8) is 0 Å². The van der Waals surface area contributed by atoms with Crippen LogP contribution in [0.15, 0.2) is 0 Å². The SMILES string of the molecule is CCC[Si](C)(O[Si](C)(C)C)O[Si](C)(C)C.NC1CCCCC1. The summed E-state index contributed by atoms with van der Waals surface area (Å²) in [7, 11) is -4.84. The first-order chi connectivity index (χ1) is 9.87. The summed E-state index contributed by atoms with van der Waals surface area (Å²) in [6.45, 7) is 18.0. The number of hydrogen-bond acceptors (Lipinski definition) is 3. The molecule has 0 aromatic carbocycles. The minimum atomic E-state index is -1.90. The highest BCUT2D eigenvalue weighted by atomic mass is 28.5. The maximum atomic E-state index is 6.33. The Labute approximate surface area is 142 Å². The normalized spacial score (nSPS) is 17.9. The first-order valence-corrected chi connectivity index (χ1v) is 18.4. The molecular weight excluding hydrogens is 322 g/mol. The maximum absolute atomic E-state index is 6.33. The van der Waals surface area contributed by atoms with Crippen LogP contribution in [0.5, 0.6) is 0 Å². The lowest BCUT2D eigenvalue weighted by Gasteiger charge is -2.38. The highest BCUT2D eigenvalue weighted by molar-refractivity contribution is 6.87. The molecule has 0 atom stereocenters. The Balaban J connectivity index is 0.000000518. The van der Waals surface area contributed by atoms with E-state index in [9.17, 15) is 0 Å². The molecule has 1 aliphatic carbocycles. The van der Waals surface area contributed by atoms with Crippen molar-refractivity contribution < 1.29 is 8.23 Å². The number of rotatable bonds is 6. The predicted octanol–water partition coefficient (Wildman–Crippen LogP) is 5.45. The van der Waals surface area contributed by atoms with Gasteiger partial charge in [0.15, 0.2) is 16.6 Å². The third-order valence-corrected chi connectivity index (χ3v) is 13.2. The molecule has 0 radical (unpaired) electrons. The lowest BCUT2D eigenvalue weighted by molar-refractivity contribution is 0.383. The van der Waals surface area contributed by atoms with Crippen molar-refractivity contribution in [2.24, 2.45) is 5.73 Å². The van der Waals surface area contributed by atoms with Crippen molar-refractivity contribution >= 4 is 25.2 Å². The van der Waals surface area contributed by atoms with Crippen LogP contribution in [0.3, 0.4) is 0 Å². The van der Waals surface area contributed by atoms with Crippen LogP contribution in [-0.2, 0) is 8.23 Å². The number of nitrogens with two attached hydrogens (primary N) is 1. The molecule has 0 unspecified atom stereocenters. The molecule has 1 saturated carbocycles. The van der Waals surface area contributed by atoms with E-state index in [0.717, 1.165) is 12.5 Å². The molecule has 1 rings (SSSR count). The summed E-state index contributed by atoms with van der Waals surface area (Å²) >= 11 is 0. The standard InChI is InChI=1S/C10H28O2Si3.C6H13N/c1-9-10-15(8,11-13(2,3)4)12-14(5,6)7;7-6-4-2-1-3-5-6/h9-10H2,1-8H3;6H,1-5,7H2. The first kappa shape index (κ1) is 22.5. The van der Waals surface area contributed by atoms with Crippen LogP contribution in [0.1, 0.15) is 45.4 Å². The van der Waals surface area contributed by atoms with Crippen LogP contribution in [0, 0.1) is 0 Å². The summed E-state index contributed by atoms with van der Waals surface area (Å²) in [5.41, 5.74) is 5.63. The first-order valence-electron chi connectivity index (χ1n) is 9.03. The second kappa shape index (κ2) is 9.74. The van der Waals surface area contributed by atoms with Crippen molar-refractivity contribution in [2.45, 2.75) is 103 Å². The molecule has 1 fully saturated rings. The van der Waals surface area contributed by atoms with Gasteiger partial charge in [-0.3, -0.25) is 0 Å². The summed E-state index contributed by atoms with van der Waals surface area (Å²) in [6, 6.07) is 1.66. The average Bonchev–Trinajstić information content (AvgIpc) is 2.25. The molecular formula is C16H41NO2Si3. The van der Waals surface area contributed by atoms with Gasteiger partial charge < -0.3 is 14.0 Å². The van der Waals surface area contributed by atoms with Gasteiger partial charge in [0, 0.05) is 6.04 Å². The molecule has 0 heterocycles. The third-order valence-electron chi connectivity index (χ3n) is 3.40. The Hall–Kier alpha value is 0.531. The van der Waals surface area contributed by atoms with E-state index in [0.29, 0.717) is 6.04 Å². The average molecular weight is 364 g/mol. The van der Waals surface area contributed by atoms with Crippen LogP contribution in [0.4, 0.5) is 0 Å². The van der Waals surface area contributed by atoms with Gasteiger partial charge in [0.25, 0.3) is 0 Å². The fraction of sp³-hybridized carbons (Fsp3) is 1.00. The van der Waals surface area contributed by atoms with Gasteiger partial charge in [0.1, 0.15) is 0 Å². The van der Waals surface area contributed by atoms with E-state index < -0.39 is 25.2 Å². The monoisotopic (exact) mass is 363 g/mol. The summed E-state index contributed by atoms with van der Waals surface area (Å²) in [5, 5.41) is 0. The topological polar surface area (TPSA) is 44.5 Å². The van der Waals surface area contributed by atoms with Crippen LogP contribution < -0.4 is 5.73 Å². The molecule has 0 spiro atoms. The zero-order valence-corrected chi connectivity index (χ0v) is 19.4. The number of hydrogen-bond donors (Lipinski definition) is 1. The van der Waals surface area contributed by atoms with Gasteiger partial charge in [-0.05, 0) is 64.7 Å². The van der Waals surface area contributed by atoms with Crippen LogP contribution in [0.25, 0.3) is 0 Å². The molecule has 0 aliphatic heterocycles. The van der Waals surface area contributed by atoms with Gasteiger partial charge in [-0.1, -0.05) is 32.6 Å². The Morgan fingerprint density at radius 2 is 1.23 bits per heavy atom. The zero-order chi connectivity index (χ0) is 17.4. The summed E-state index contributed by atoms with van der Waals surface area (Å²) in [4.78, 5) is 0. The van der Waals surface area contributed by atoms with Crippen LogP contribution in [-0.4, -0.2) is 31.2 Å². The Morgan fingerprint density at radius 1 is 0.818 bits per heavy atom. The van der Waals surface area contributed by atoms with E-state index >= 15 is 0 Å². The minimum Gasteiger partial charge on any atom is -0.437 e. The summed E-state index contributed by atoms with van der Waals surface area (Å²) < 4.78 is 12.7. The molecule has 6 heteroatoms. The lowest BCUT2D eigenvalue weighted by Crippen LogP contribution is -2.52. The van der Waals surface area contributed by atoms with Gasteiger partial charge in [-0.2, -0.15) is 0 Å². The fourth-order valence-electron chi connectivity index (χ4n) is 3.01. The van der Waals surface area contributed by atoms with Crippen molar-refractivity contribution in [2.75, 3.05) is 0 Å². The molecule has 0 saturated heterocycles. The van der Waals surface area contributed by atoms with Gasteiger partial charge in [0.2, 0.25) is 0 Å².